The van der Waals surface area contributed by atoms with Gasteiger partial charge in [-0.2, -0.15) is 5.21 Å². The number of hydrogen-bond donors (Lipinski definition) is 1. The van der Waals surface area contributed by atoms with Gasteiger partial charge in [0, 0.05) is 6.42 Å². The van der Waals surface area contributed by atoms with E-state index in [4.69, 9.17) is 0 Å². The van der Waals surface area contributed by atoms with Crippen LogP contribution in [-0.4, -0.2) is 26.4 Å². The van der Waals surface area contributed by atoms with E-state index in [9.17, 15) is 4.79 Å². The lowest BCUT2D eigenvalue weighted by atomic mass is 9.93. The molecule has 1 unspecified atom stereocenters. The molecule has 2 aromatic rings. The molecule has 1 heterocycles. The van der Waals surface area contributed by atoms with Gasteiger partial charge in [0.2, 0.25) is 0 Å². The maximum absolute atomic E-state index is 11.9. The fourth-order valence-electron chi connectivity index (χ4n) is 1.62. The zero-order valence-corrected chi connectivity index (χ0v) is 8.92. The lowest BCUT2D eigenvalue weighted by Crippen LogP contribution is -2.14. The molecule has 0 aliphatic carbocycles. The molecule has 1 atom stereocenters. The molecule has 0 radical (unpaired) electrons. The Morgan fingerprint density at radius 2 is 2.12 bits per heavy atom. The van der Waals surface area contributed by atoms with Gasteiger partial charge in [-0.3, -0.25) is 4.79 Å². The first-order chi connectivity index (χ1) is 7.83. The molecule has 0 saturated carbocycles. The summed E-state index contributed by atoms with van der Waals surface area (Å²) in [4.78, 5) is 11.9. The normalized spacial score (nSPS) is 12.3. The SMILES string of the molecule is CCC(=O)C(c1ccccc1)c1nn[nH]n1. The van der Waals surface area contributed by atoms with Crippen molar-refractivity contribution in [1.82, 2.24) is 20.6 Å². The van der Waals surface area contributed by atoms with Crippen molar-refractivity contribution in [3.05, 3.63) is 41.7 Å². The first kappa shape index (κ1) is 10.5. The highest BCUT2D eigenvalue weighted by Crippen LogP contribution is 2.22. The number of Topliss-reactive ketones (excluding diaryl/α,β-unsaturated/α-hetero) is 1. The molecular weight excluding hydrogens is 204 g/mol. The first-order valence-electron chi connectivity index (χ1n) is 5.14. The quantitative estimate of drug-likeness (QED) is 0.836. The van der Waals surface area contributed by atoms with Crippen LogP contribution >= 0.6 is 0 Å². The van der Waals surface area contributed by atoms with E-state index in [0.717, 1.165) is 5.56 Å². The highest BCUT2D eigenvalue weighted by molar-refractivity contribution is 5.87. The van der Waals surface area contributed by atoms with Crippen LogP contribution in [0.2, 0.25) is 0 Å². The molecule has 0 saturated heterocycles. The molecule has 0 aliphatic heterocycles. The number of benzene rings is 1. The van der Waals surface area contributed by atoms with Crippen molar-refractivity contribution in [2.45, 2.75) is 19.3 Å². The van der Waals surface area contributed by atoms with Gasteiger partial charge >= 0.3 is 0 Å². The Morgan fingerprint density at radius 1 is 1.38 bits per heavy atom. The average molecular weight is 216 g/mol. The van der Waals surface area contributed by atoms with Crippen LogP contribution in [0, 0.1) is 0 Å². The van der Waals surface area contributed by atoms with Crippen LogP contribution in [0.4, 0.5) is 0 Å². The Balaban J connectivity index is 2.40. The predicted molar refractivity (Wildman–Crippen MR) is 57.8 cm³/mol. The highest BCUT2D eigenvalue weighted by Gasteiger charge is 2.24. The Kier molecular flexibility index (Phi) is 3.05. The molecule has 2 rings (SSSR count). The zero-order valence-electron chi connectivity index (χ0n) is 8.92. The van der Waals surface area contributed by atoms with Gasteiger partial charge in [-0.05, 0) is 5.56 Å². The summed E-state index contributed by atoms with van der Waals surface area (Å²) in [7, 11) is 0. The van der Waals surface area contributed by atoms with E-state index in [1.165, 1.54) is 0 Å². The fraction of sp³-hybridized carbons (Fsp3) is 0.273. The minimum Gasteiger partial charge on any atom is -0.299 e. The van der Waals surface area contributed by atoms with Crippen molar-refractivity contribution >= 4 is 5.78 Å². The summed E-state index contributed by atoms with van der Waals surface area (Å²) in [6.07, 6.45) is 0.452. The van der Waals surface area contributed by atoms with Gasteiger partial charge < -0.3 is 0 Å². The summed E-state index contributed by atoms with van der Waals surface area (Å²) in [6, 6.07) is 9.49. The number of tetrazole rings is 1. The van der Waals surface area contributed by atoms with E-state index < -0.39 is 5.92 Å². The molecule has 5 heteroatoms. The van der Waals surface area contributed by atoms with Crippen molar-refractivity contribution in [1.29, 1.82) is 0 Å². The number of aromatic amines is 1. The number of aromatic nitrogens is 4. The van der Waals surface area contributed by atoms with Crippen molar-refractivity contribution < 1.29 is 4.79 Å². The summed E-state index contributed by atoms with van der Waals surface area (Å²) in [5.74, 6) is 0.107. The Bertz CT molecular complexity index is 452. The maximum Gasteiger partial charge on any atom is 0.189 e. The molecule has 1 aromatic heterocycles. The Labute approximate surface area is 92.9 Å². The van der Waals surface area contributed by atoms with Crippen LogP contribution in [0.15, 0.2) is 30.3 Å². The lowest BCUT2D eigenvalue weighted by Gasteiger charge is -2.10. The van der Waals surface area contributed by atoms with Crippen LogP contribution in [0.1, 0.15) is 30.7 Å². The van der Waals surface area contributed by atoms with Gasteiger partial charge in [-0.1, -0.05) is 42.5 Å². The summed E-state index contributed by atoms with van der Waals surface area (Å²) < 4.78 is 0. The zero-order chi connectivity index (χ0) is 11.4. The Morgan fingerprint density at radius 3 is 2.69 bits per heavy atom. The molecule has 0 aliphatic rings. The summed E-state index contributed by atoms with van der Waals surface area (Å²) in [5, 5.41) is 13.7. The molecule has 0 spiro atoms. The number of nitrogens with zero attached hydrogens (tertiary/aromatic N) is 3. The summed E-state index contributed by atoms with van der Waals surface area (Å²) in [5.41, 5.74) is 0.899. The van der Waals surface area contributed by atoms with E-state index in [2.05, 4.69) is 20.6 Å². The van der Waals surface area contributed by atoms with Crippen LogP contribution in [-0.2, 0) is 4.79 Å². The molecular formula is C11H12N4O. The third-order valence-electron chi connectivity index (χ3n) is 2.42. The molecule has 0 bridgehead atoms. The second kappa shape index (κ2) is 4.65. The number of H-pyrrole nitrogens is 1. The number of ketones is 1. The summed E-state index contributed by atoms with van der Waals surface area (Å²) >= 11 is 0. The molecule has 16 heavy (non-hydrogen) atoms. The number of rotatable bonds is 4. The van der Waals surface area contributed by atoms with E-state index >= 15 is 0 Å². The molecule has 0 fully saturated rings. The third-order valence-corrected chi connectivity index (χ3v) is 2.42. The molecule has 5 nitrogen and oxygen atoms in total. The second-order valence-corrected chi connectivity index (χ2v) is 3.43. The molecule has 0 amide bonds. The van der Waals surface area contributed by atoms with Gasteiger partial charge in [-0.15, -0.1) is 10.2 Å². The standard InChI is InChI=1S/C11H12N4O/c1-2-9(16)10(11-12-14-15-13-11)8-6-4-3-5-7-8/h3-7,10H,2H2,1H3,(H,12,13,14,15). The van der Waals surface area contributed by atoms with E-state index in [-0.39, 0.29) is 5.78 Å². The Hall–Kier alpha value is -2.04. The van der Waals surface area contributed by atoms with Gasteiger partial charge in [0.25, 0.3) is 0 Å². The van der Waals surface area contributed by atoms with Crippen molar-refractivity contribution in [2.75, 3.05) is 0 Å². The topological polar surface area (TPSA) is 71.5 Å². The minimum absolute atomic E-state index is 0.0904. The molecule has 82 valence electrons. The first-order valence-corrected chi connectivity index (χ1v) is 5.14. The van der Waals surface area contributed by atoms with Crippen molar-refractivity contribution in [3.8, 4) is 0 Å². The smallest absolute Gasteiger partial charge is 0.189 e. The number of carbonyl (C=O) groups excluding carboxylic acids is 1. The fourth-order valence-corrected chi connectivity index (χ4v) is 1.62. The van der Waals surface area contributed by atoms with E-state index in [1.807, 2.05) is 37.3 Å². The molecule has 1 N–H and O–H groups in total. The summed E-state index contributed by atoms with van der Waals surface area (Å²) in [6.45, 7) is 1.83. The van der Waals surface area contributed by atoms with Gasteiger partial charge in [0.05, 0.1) is 0 Å². The maximum atomic E-state index is 11.9. The lowest BCUT2D eigenvalue weighted by molar-refractivity contribution is -0.119. The second-order valence-electron chi connectivity index (χ2n) is 3.43. The molecule has 1 aromatic carbocycles. The van der Waals surface area contributed by atoms with E-state index in [0.29, 0.717) is 12.2 Å². The minimum atomic E-state index is -0.412. The van der Waals surface area contributed by atoms with Crippen LogP contribution < -0.4 is 0 Å². The highest BCUT2D eigenvalue weighted by atomic mass is 16.1. The predicted octanol–water partition coefficient (Wildman–Crippen LogP) is 1.31. The van der Waals surface area contributed by atoms with Crippen LogP contribution in [0.5, 0.6) is 0 Å². The largest absolute Gasteiger partial charge is 0.299 e. The van der Waals surface area contributed by atoms with Crippen molar-refractivity contribution in [2.24, 2.45) is 0 Å². The monoisotopic (exact) mass is 216 g/mol. The van der Waals surface area contributed by atoms with E-state index in [1.54, 1.807) is 0 Å². The van der Waals surface area contributed by atoms with Gasteiger partial charge in [0.1, 0.15) is 11.7 Å². The van der Waals surface area contributed by atoms with Gasteiger partial charge in [0.15, 0.2) is 5.82 Å². The van der Waals surface area contributed by atoms with Gasteiger partial charge in [-0.25, -0.2) is 0 Å². The third kappa shape index (κ3) is 1.98. The number of nitrogens with one attached hydrogen (secondary N) is 1. The number of carbonyl (C=O) groups is 1. The average Bonchev–Trinajstić information content (AvgIpc) is 2.84. The van der Waals surface area contributed by atoms with Crippen LogP contribution in [0.3, 0.4) is 0 Å². The number of hydrogen-bond acceptors (Lipinski definition) is 4. The van der Waals surface area contributed by atoms with Crippen LogP contribution in [0.25, 0.3) is 0 Å². The van der Waals surface area contributed by atoms with Crippen molar-refractivity contribution in [3.63, 3.8) is 0 Å².